The molecule has 1 radical (unpaired) electrons. The summed E-state index contributed by atoms with van der Waals surface area (Å²) in [5.74, 6) is 0.378. The minimum Gasteiger partial charge on any atom is -0.497 e. The quantitative estimate of drug-likeness (QED) is 0.299. The van der Waals surface area contributed by atoms with E-state index in [1.54, 1.807) is 13.2 Å². The lowest BCUT2D eigenvalue weighted by Gasteiger charge is -2.13. The van der Waals surface area contributed by atoms with Gasteiger partial charge in [-0.1, -0.05) is 54.6 Å². The van der Waals surface area contributed by atoms with E-state index in [2.05, 4.69) is 66.1 Å². The van der Waals surface area contributed by atoms with Gasteiger partial charge in [0.2, 0.25) is 5.91 Å². The van der Waals surface area contributed by atoms with Gasteiger partial charge in [-0.15, -0.1) is 0 Å². The Balaban J connectivity index is 1.62. The number of aryl methyl sites for hydroxylation is 1. The van der Waals surface area contributed by atoms with Crippen molar-refractivity contribution >= 4 is 38.5 Å². The zero-order valence-corrected chi connectivity index (χ0v) is 20.2. The first-order valence-electron chi connectivity index (χ1n) is 11.9. The molecule has 6 aromatic rings. The van der Waals surface area contributed by atoms with Crippen LogP contribution in [0.3, 0.4) is 0 Å². The number of hydrogen-bond donors (Lipinski definition) is 1. The molecule has 1 aromatic heterocycles. The van der Waals surface area contributed by atoms with E-state index in [0.29, 0.717) is 12.1 Å². The van der Waals surface area contributed by atoms with E-state index in [-0.39, 0.29) is 0 Å². The van der Waals surface area contributed by atoms with Gasteiger partial charge in [-0.25, -0.2) is 0 Å². The number of nitrogens with two attached hydrogens (primary N) is 1. The highest BCUT2D eigenvalue weighted by Gasteiger charge is 2.18. The SMILES string of the molecule is COc1ccc(-c2c[c]c3c4c(C(N)=O)cccc4n(Cc4ccc(C)c5ccccc45)c3c2)cc1. The number of carbonyl (C=O) groups excluding carboxylic acids is 1. The Morgan fingerprint density at radius 2 is 1.67 bits per heavy atom. The predicted molar refractivity (Wildman–Crippen MR) is 147 cm³/mol. The first-order valence-corrected chi connectivity index (χ1v) is 11.9. The molecule has 6 rings (SSSR count). The molecule has 1 heterocycles. The highest BCUT2D eigenvalue weighted by molar-refractivity contribution is 6.18. The van der Waals surface area contributed by atoms with Gasteiger partial charge in [-0.2, -0.15) is 0 Å². The number of hydrogen-bond acceptors (Lipinski definition) is 2. The Kier molecular flexibility index (Phi) is 5.23. The second-order valence-electron chi connectivity index (χ2n) is 9.11. The lowest BCUT2D eigenvalue weighted by Crippen LogP contribution is -2.11. The standard InChI is InChI=1S/C32H25N2O2/c1-20-10-11-23(26-7-4-3-6-25(20)26)19-34-29-9-5-8-28(32(33)35)31(29)27-17-14-22(18-30(27)34)21-12-15-24(36-2)16-13-21/h3-16,18H,19H2,1-2H3,(H2,33,35). The van der Waals surface area contributed by atoms with Crippen molar-refractivity contribution in [3.8, 4) is 16.9 Å². The molecule has 0 unspecified atom stereocenters. The smallest absolute Gasteiger partial charge is 0.249 e. The summed E-state index contributed by atoms with van der Waals surface area (Å²) in [5, 5.41) is 4.22. The van der Waals surface area contributed by atoms with E-state index in [4.69, 9.17) is 10.5 Å². The van der Waals surface area contributed by atoms with Crippen molar-refractivity contribution in [2.75, 3.05) is 7.11 Å². The minimum absolute atomic E-state index is 0.437. The third-order valence-electron chi connectivity index (χ3n) is 7.04. The van der Waals surface area contributed by atoms with Gasteiger partial charge in [0.15, 0.2) is 0 Å². The van der Waals surface area contributed by atoms with Crippen LogP contribution in [0.5, 0.6) is 5.75 Å². The van der Waals surface area contributed by atoms with Gasteiger partial charge >= 0.3 is 0 Å². The van der Waals surface area contributed by atoms with Gasteiger partial charge in [0, 0.05) is 22.9 Å². The molecule has 4 heteroatoms. The first kappa shape index (κ1) is 21.9. The lowest BCUT2D eigenvalue weighted by molar-refractivity contribution is 0.100. The van der Waals surface area contributed by atoms with Gasteiger partial charge in [-0.3, -0.25) is 4.79 Å². The Hall–Kier alpha value is -4.57. The van der Waals surface area contributed by atoms with Crippen LogP contribution in [0.2, 0.25) is 0 Å². The van der Waals surface area contributed by atoms with Crippen LogP contribution in [-0.4, -0.2) is 17.6 Å². The van der Waals surface area contributed by atoms with E-state index in [1.165, 1.54) is 21.9 Å². The Labute approximate surface area is 209 Å². The zero-order valence-electron chi connectivity index (χ0n) is 20.2. The van der Waals surface area contributed by atoms with E-state index in [1.807, 2.05) is 36.4 Å². The van der Waals surface area contributed by atoms with Gasteiger partial charge < -0.3 is 15.0 Å². The van der Waals surface area contributed by atoms with Crippen LogP contribution < -0.4 is 10.5 Å². The second kappa shape index (κ2) is 8.58. The molecule has 36 heavy (non-hydrogen) atoms. The van der Waals surface area contributed by atoms with E-state index >= 15 is 0 Å². The molecule has 1 amide bonds. The Morgan fingerprint density at radius 1 is 0.889 bits per heavy atom. The number of nitrogens with zero attached hydrogens (tertiary/aromatic N) is 1. The maximum atomic E-state index is 12.4. The fraction of sp³-hybridized carbons (Fsp3) is 0.0938. The first-order chi connectivity index (χ1) is 17.5. The molecule has 0 fully saturated rings. The monoisotopic (exact) mass is 469 g/mol. The van der Waals surface area contributed by atoms with Crippen molar-refractivity contribution in [2.45, 2.75) is 13.5 Å². The number of ether oxygens (including phenoxy) is 1. The maximum Gasteiger partial charge on any atom is 0.249 e. The van der Waals surface area contributed by atoms with Crippen molar-refractivity contribution in [1.82, 2.24) is 4.57 Å². The number of methoxy groups -OCH3 is 1. The highest BCUT2D eigenvalue weighted by atomic mass is 16.5. The number of rotatable bonds is 5. The molecule has 0 saturated heterocycles. The highest BCUT2D eigenvalue weighted by Crippen LogP contribution is 2.36. The molecule has 0 spiro atoms. The van der Waals surface area contributed by atoms with Gasteiger partial charge in [-0.05, 0) is 82.4 Å². The van der Waals surface area contributed by atoms with Gasteiger partial charge in [0.1, 0.15) is 5.75 Å². The third kappa shape index (κ3) is 3.50. The number of primary amides is 1. The minimum atomic E-state index is -0.437. The van der Waals surface area contributed by atoms with Crippen LogP contribution in [-0.2, 0) is 6.54 Å². The molecule has 0 aliphatic heterocycles. The molecular formula is C32H25N2O2. The van der Waals surface area contributed by atoms with Crippen LogP contribution >= 0.6 is 0 Å². The van der Waals surface area contributed by atoms with E-state index in [9.17, 15) is 4.79 Å². The van der Waals surface area contributed by atoms with Crippen molar-refractivity contribution in [3.63, 3.8) is 0 Å². The summed E-state index contributed by atoms with van der Waals surface area (Å²) in [6.45, 7) is 2.80. The number of benzene rings is 5. The van der Waals surface area contributed by atoms with Crippen molar-refractivity contribution in [3.05, 3.63) is 114 Å². The topological polar surface area (TPSA) is 57.2 Å². The van der Waals surface area contributed by atoms with Crippen molar-refractivity contribution < 1.29 is 9.53 Å². The van der Waals surface area contributed by atoms with Crippen molar-refractivity contribution in [2.24, 2.45) is 5.73 Å². The number of aromatic nitrogens is 1. The molecule has 0 atom stereocenters. The zero-order chi connectivity index (χ0) is 24.8. The Bertz CT molecular complexity index is 1780. The summed E-state index contributed by atoms with van der Waals surface area (Å²) < 4.78 is 7.60. The summed E-state index contributed by atoms with van der Waals surface area (Å²) in [6, 6.07) is 34.3. The Morgan fingerprint density at radius 3 is 2.42 bits per heavy atom. The summed E-state index contributed by atoms with van der Waals surface area (Å²) in [6.07, 6.45) is 0. The van der Waals surface area contributed by atoms with Gasteiger partial charge in [0.05, 0.1) is 18.1 Å². The fourth-order valence-corrected chi connectivity index (χ4v) is 5.20. The van der Waals surface area contributed by atoms with Crippen LogP contribution in [0.25, 0.3) is 43.7 Å². The molecule has 5 aromatic carbocycles. The predicted octanol–water partition coefficient (Wildman–Crippen LogP) is 6.88. The molecule has 0 aliphatic rings. The average Bonchev–Trinajstić information content (AvgIpc) is 3.23. The van der Waals surface area contributed by atoms with Crippen molar-refractivity contribution in [1.29, 1.82) is 0 Å². The summed E-state index contributed by atoms with van der Waals surface area (Å²) in [4.78, 5) is 12.4. The number of amides is 1. The van der Waals surface area contributed by atoms with Gasteiger partial charge in [0.25, 0.3) is 0 Å². The maximum absolute atomic E-state index is 12.4. The van der Waals surface area contributed by atoms with E-state index in [0.717, 1.165) is 38.7 Å². The molecule has 2 N–H and O–H groups in total. The molecule has 4 nitrogen and oxygen atoms in total. The van der Waals surface area contributed by atoms with E-state index < -0.39 is 5.91 Å². The van der Waals surface area contributed by atoms with Crippen LogP contribution in [0.1, 0.15) is 21.5 Å². The second-order valence-corrected chi connectivity index (χ2v) is 9.11. The summed E-state index contributed by atoms with van der Waals surface area (Å²) in [7, 11) is 1.67. The average molecular weight is 470 g/mol. The largest absolute Gasteiger partial charge is 0.497 e. The summed E-state index contributed by atoms with van der Waals surface area (Å²) in [5.41, 5.74) is 12.9. The molecule has 0 aliphatic carbocycles. The number of carbonyl (C=O) groups is 1. The third-order valence-corrected chi connectivity index (χ3v) is 7.04. The number of fused-ring (bicyclic) bond motifs is 4. The molecule has 0 saturated carbocycles. The summed E-state index contributed by atoms with van der Waals surface area (Å²) >= 11 is 0. The van der Waals surface area contributed by atoms with Crippen LogP contribution in [0, 0.1) is 13.0 Å². The molecule has 175 valence electrons. The fourth-order valence-electron chi connectivity index (χ4n) is 5.20. The normalized spacial score (nSPS) is 11.4. The van der Waals surface area contributed by atoms with Crippen LogP contribution in [0.15, 0.2) is 91.0 Å². The van der Waals surface area contributed by atoms with Crippen LogP contribution in [0.4, 0.5) is 0 Å². The molecule has 0 bridgehead atoms. The lowest BCUT2D eigenvalue weighted by atomic mass is 10.00. The molecular weight excluding hydrogens is 444 g/mol.